The first-order valence-corrected chi connectivity index (χ1v) is 8.17. The summed E-state index contributed by atoms with van der Waals surface area (Å²) in [5.74, 6) is 0.537. The van der Waals surface area contributed by atoms with Gasteiger partial charge < -0.3 is 4.98 Å². The predicted octanol–water partition coefficient (Wildman–Crippen LogP) is 3.63. The Bertz CT molecular complexity index is 712. The van der Waals surface area contributed by atoms with E-state index in [0.29, 0.717) is 11.5 Å². The SMILES string of the molecule is O=c1[nH]c(-c2ncc(Br)cc2Br)nc2c1CCCCC2. The molecule has 0 unspecified atom stereocenters. The molecule has 6 heteroatoms. The molecular weight excluding hydrogens is 386 g/mol. The van der Waals surface area contributed by atoms with Crippen LogP contribution < -0.4 is 5.56 Å². The van der Waals surface area contributed by atoms with Gasteiger partial charge in [0, 0.05) is 20.7 Å². The topological polar surface area (TPSA) is 58.6 Å². The molecule has 0 atom stereocenters. The van der Waals surface area contributed by atoms with Crippen molar-refractivity contribution in [2.75, 3.05) is 0 Å². The lowest BCUT2D eigenvalue weighted by Crippen LogP contribution is -2.18. The van der Waals surface area contributed by atoms with Gasteiger partial charge in [0.25, 0.3) is 5.56 Å². The normalized spacial score (nSPS) is 14.7. The Labute approximate surface area is 133 Å². The number of aromatic nitrogens is 3. The zero-order valence-electron chi connectivity index (χ0n) is 10.7. The molecular formula is C14H13Br2N3O. The van der Waals surface area contributed by atoms with Gasteiger partial charge in [0.15, 0.2) is 5.82 Å². The van der Waals surface area contributed by atoms with Crippen molar-refractivity contribution in [3.63, 3.8) is 0 Å². The minimum Gasteiger partial charge on any atom is -0.305 e. The van der Waals surface area contributed by atoms with E-state index in [-0.39, 0.29) is 5.56 Å². The van der Waals surface area contributed by atoms with E-state index < -0.39 is 0 Å². The van der Waals surface area contributed by atoms with E-state index >= 15 is 0 Å². The minimum absolute atomic E-state index is 0.0245. The van der Waals surface area contributed by atoms with Crippen LogP contribution in [-0.2, 0) is 12.8 Å². The maximum absolute atomic E-state index is 12.2. The van der Waals surface area contributed by atoms with E-state index in [0.717, 1.165) is 52.3 Å². The van der Waals surface area contributed by atoms with Crippen molar-refractivity contribution in [3.05, 3.63) is 42.8 Å². The van der Waals surface area contributed by atoms with Gasteiger partial charge in [-0.2, -0.15) is 0 Å². The van der Waals surface area contributed by atoms with Crippen molar-refractivity contribution in [2.24, 2.45) is 0 Å². The minimum atomic E-state index is -0.0245. The van der Waals surface area contributed by atoms with Crippen molar-refractivity contribution in [2.45, 2.75) is 32.1 Å². The van der Waals surface area contributed by atoms with Gasteiger partial charge in [0.05, 0.1) is 5.69 Å². The van der Waals surface area contributed by atoms with Crippen LogP contribution in [0.15, 0.2) is 26.0 Å². The number of halogens is 2. The van der Waals surface area contributed by atoms with Crippen LogP contribution in [-0.4, -0.2) is 15.0 Å². The molecule has 0 aliphatic heterocycles. The van der Waals surface area contributed by atoms with E-state index in [4.69, 9.17) is 0 Å². The summed E-state index contributed by atoms with van der Waals surface area (Å²) in [5.41, 5.74) is 2.42. The Morgan fingerprint density at radius 2 is 1.95 bits per heavy atom. The molecule has 2 heterocycles. The number of aromatic amines is 1. The van der Waals surface area contributed by atoms with E-state index in [2.05, 4.69) is 46.8 Å². The Balaban J connectivity index is 2.13. The van der Waals surface area contributed by atoms with Crippen LogP contribution >= 0.6 is 31.9 Å². The van der Waals surface area contributed by atoms with Gasteiger partial charge in [-0.1, -0.05) is 6.42 Å². The molecule has 104 valence electrons. The molecule has 1 aliphatic rings. The highest BCUT2D eigenvalue weighted by atomic mass is 79.9. The number of rotatable bonds is 1. The molecule has 0 saturated carbocycles. The van der Waals surface area contributed by atoms with E-state index in [1.807, 2.05) is 6.07 Å². The van der Waals surface area contributed by atoms with Crippen molar-refractivity contribution in [1.82, 2.24) is 15.0 Å². The summed E-state index contributed by atoms with van der Waals surface area (Å²) in [7, 11) is 0. The predicted molar refractivity (Wildman–Crippen MR) is 84.7 cm³/mol. The number of nitrogens with one attached hydrogen (secondary N) is 1. The Morgan fingerprint density at radius 3 is 2.75 bits per heavy atom. The second-order valence-corrected chi connectivity index (χ2v) is 6.65. The van der Waals surface area contributed by atoms with Crippen LogP contribution in [0.5, 0.6) is 0 Å². The molecule has 0 fully saturated rings. The maximum atomic E-state index is 12.2. The molecule has 0 aromatic carbocycles. The fourth-order valence-corrected chi connectivity index (χ4v) is 3.66. The second kappa shape index (κ2) is 5.77. The molecule has 4 nitrogen and oxygen atoms in total. The molecule has 0 radical (unpaired) electrons. The van der Waals surface area contributed by atoms with Crippen molar-refractivity contribution in [3.8, 4) is 11.5 Å². The number of pyridine rings is 1. The third kappa shape index (κ3) is 2.72. The molecule has 1 aliphatic carbocycles. The molecule has 2 aromatic rings. The molecule has 2 aromatic heterocycles. The third-order valence-corrected chi connectivity index (χ3v) is 4.51. The molecule has 0 saturated heterocycles. The quantitative estimate of drug-likeness (QED) is 0.746. The van der Waals surface area contributed by atoms with Crippen LogP contribution in [0, 0.1) is 0 Å². The third-order valence-electron chi connectivity index (χ3n) is 3.47. The van der Waals surface area contributed by atoms with Gasteiger partial charge in [0.2, 0.25) is 0 Å². The van der Waals surface area contributed by atoms with E-state index in [1.54, 1.807) is 6.20 Å². The van der Waals surface area contributed by atoms with Gasteiger partial charge in [0.1, 0.15) is 5.69 Å². The van der Waals surface area contributed by atoms with Crippen LogP contribution in [0.1, 0.15) is 30.5 Å². The molecule has 1 N–H and O–H groups in total. The number of nitrogens with zero attached hydrogens (tertiary/aromatic N) is 2. The van der Waals surface area contributed by atoms with Crippen LogP contribution in [0.25, 0.3) is 11.5 Å². The first kappa shape index (κ1) is 13.9. The van der Waals surface area contributed by atoms with Crippen molar-refractivity contribution < 1.29 is 0 Å². The van der Waals surface area contributed by atoms with Crippen LogP contribution in [0.3, 0.4) is 0 Å². The van der Waals surface area contributed by atoms with Gasteiger partial charge in [-0.25, -0.2) is 4.98 Å². The number of fused-ring (bicyclic) bond motifs is 1. The largest absolute Gasteiger partial charge is 0.305 e. The number of H-pyrrole nitrogens is 1. The lowest BCUT2D eigenvalue weighted by atomic mass is 10.1. The monoisotopic (exact) mass is 397 g/mol. The lowest BCUT2D eigenvalue weighted by molar-refractivity contribution is 0.708. The molecule has 0 spiro atoms. The lowest BCUT2D eigenvalue weighted by Gasteiger charge is -2.08. The average molecular weight is 399 g/mol. The highest BCUT2D eigenvalue weighted by Crippen LogP contribution is 2.26. The molecule has 3 rings (SSSR count). The summed E-state index contributed by atoms with van der Waals surface area (Å²) in [5, 5.41) is 0. The van der Waals surface area contributed by atoms with E-state index in [1.165, 1.54) is 0 Å². The Kier molecular flexibility index (Phi) is 4.03. The summed E-state index contributed by atoms with van der Waals surface area (Å²) in [6.45, 7) is 0. The Morgan fingerprint density at radius 1 is 1.15 bits per heavy atom. The highest BCUT2D eigenvalue weighted by molar-refractivity contribution is 9.11. The van der Waals surface area contributed by atoms with Crippen molar-refractivity contribution in [1.29, 1.82) is 0 Å². The van der Waals surface area contributed by atoms with Gasteiger partial charge in [-0.05, 0) is 63.6 Å². The van der Waals surface area contributed by atoms with Gasteiger partial charge in [-0.3, -0.25) is 9.78 Å². The van der Waals surface area contributed by atoms with Crippen LogP contribution in [0.4, 0.5) is 0 Å². The Hall–Kier alpha value is -1.01. The number of hydrogen-bond donors (Lipinski definition) is 1. The van der Waals surface area contributed by atoms with Crippen molar-refractivity contribution >= 4 is 31.9 Å². The van der Waals surface area contributed by atoms with E-state index in [9.17, 15) is 4.79 Å². The summed E-state index contributed by atoms with van der Waals surface area (Å²) in [4.78, 5) is 24.1. The fraction of sp³-hybridized carbons (Fsp3) is 0.357. The zero-order valence-corrected chi connectivity index (χ0v) is 13.9. The summed E-state index contributed by atoms with van der Waals surface area (Å²) in [6.07, 6.45) is 6.72. The first-order valence-electron chi connectivity index (χ1n) is 6.58. The average Bonchev–Trinajstić information content (AvgIpc) is 2.64. The smallest absolute Gasteiger partial charge is 0.254 e. The number of aryl methyl sites for hydroxylation is 1. The molecule has 0 bridgehead atoms. The zero-order chi connectivity index (χ0) is 14.1. The number of hydrogen-bond acceptors (Lipinski definition) is 3. The fourth-order valence-electron chi connectivity index (χ4n) is 2.48. The maximum Gasteiger partial charge on any atom is 0.254 e. The van der Waals surface area contributed by atoms with Crippen LogP contribution in [0.2, 0.25) is 0 Å². The second-order valence-electron chi connectivity index (χ2n) is 4.88. The first-order chi connectivity index (χ1) is 9.65. The molecule has 20 heavy (non-hydrogen) atoms. The van der Waals surface area contributed by atoms with Gasteiger partial charge >= 0.3 is 0 Å². The highest BCUT2D eigenvalue weighted by Gasteiger charge is 2.16. The summed E-state index contributed by atoms with van der Waals surface area (Å²) >= 11 is 6.83. The molecule has 0 amide bonds. The summed E-state index contributed by atoms with van der Waals surface area (Å²) < 4.78 is 1.69. The van der Waals surface area contributed by atoms with Gasteiger partial charge in [-0.15, -0.1) is 0 Å². The standard InChI is InChI=1S/C14H13Br2N3O/c15-8-6-10(16)12(17-7-8)13-18-11-5-3-1-2-4-9(11)14(20)19-13/h6-7H,1-5H2,(H,18,19,20). The summed E-state index contributed by atoms with van der Waals surface area (Å²) in [6, 6.07) is 1.90.